The molecule has 6 nitrogen and oxygen atoms in total. The monoisotopic (exact) mass is 501 g/mol. The van der Waals surface area contributed by atoms with E-state index in [1.807, 2.05) is 66.7 Å². The van der Waals surface area contributed by atoms with Crippen molar-refractivity contribution in [3.63, 3.8) is 0 Å². The van der Waals surface area contributed by atoms with Gasteiger partial charge in [0, 0.05) is 23.8 Å². The molecule has 7 heteroatoms. The molecule has 184 valence electrons. The van der Waals surface area contributed by atoms with Crippen molar-refractivity contribution in [2.45, 2.75) is 12.8 Å². The van der Waals surface area contributed by atoms with E-state index in [1.165, 1.54) is 11.3 Å². The minimum atomic E-state index is -0.303. The molecule has 3 aromatic rings. The number of hydrogen-bond donors (Lipinski definition) is 1. The van der Waals surface area contributed by atoms with Crippen molar-refractivity contribution in [1.82, 2.24) is 10.3 Å². The van der Waals surface area contributed by atoms with Crippen LogP contribution in [-0.2, 0) is 9.53 Å². The van der Waals surface area contributed by atoms with Crippen LogP contribution in [0, 0.1) is 0 Å². The SMILES string of the molecule is O=C(COc1ccc2ccccc2c1)NN=CC1=C(N2CCOCC2)C(=Cc2ccc(Cl)cc2)CC1. The maximum absolute atomic E-state index is 12.4. The predicted molar refractivity (Wildman–Crippen MR) is 144 cm³/mol. The number of nitrogens with one attached hydrogen (secondary N) is 1. The zero-order valence-electron chi connectivity index (χ0n) is 20.0. The van der Waals surface area contributed by atoms with Gasteiger partial charge in [0.1, 0.15) is 5.75 Å². The van der Waals surface area contributed by atoms with Crippen molar-refractivity contribution >= 4 is 40.6 Å². The number of nitrogens with zero attached hydrogens (tertiary/aromatic N) is 2. The van der Waals surface area contributed by atoms with Gasteiger partial charge in [0.15, 0.2) is 6.61 Å². The molecule has 0 bridgehead atoms. The Morgan fingerprint density at radius 2 is 1.81 bits per heavy atom. The summed E-state index contributed by atoms with van der Waals surface area (Å²) in [7, 11) is 0. The van der Waals surface area contributed by atoms with Gasteiger partial charge in [0.05, 0.1) is 19.4 Å². The highest BCUT2D eigenvalue weighted by Crippen LogP contribution is 2.35. The highest BCUT2D eigenvalue weighted by molar-refractivity contribution is 6.30. The lowest BCUT2D eigenvalue weighted by Crippen LogP contribution is -2.36. The number of amides is 1. The summed E-state index contributed by atoms with van der Waals surface area (Å²) in [6, 6.07) is 21.7. The summed E-state index contributed by atoms with van der Waals surface area (Å²) >= 11 is 6.05. The Labute approximate surface area is 215 Å². The Morgan fingerprint density at radius 3 is 2.61 bits per heavy atom. The van der Waals surface area contributed by atoms with Gasteiger partial charge in [0.2, 0.25) is 0 Å². The molecule has 1 aliphatic heterocycles. The molecular weight excluding hydrogens is 474 g/mol. The van der Waals surface area contributed by atoms with Crippen molar-refractivity contribution in [2.75, 3.05) is 32.9 Å². The number of allylic oxidation sites excluding steroid dienone is 2. The third-order valence-corrected chi connectivity index (χ3v) is 6.56. The van der Waals surface area contributed by atoms with E-state index in [2.05, 4.69) is 21.5 Å². The van der Waals surface area contributed by atoms with Crippen LogP contribution < -0.4 is 10.2 Å². The zero-order chi connectivity index (χ0) is 24.7. The number of ether oxygens (including phenoxy) is 2. The van der Waals surface area contributed by atoms with Crippen molar-refractivity contribution < 1.29 is 14.3 Å². The number of halogens is 1. The molecule has 0 spiro atoms. The second kappa shape index (κ2) is 11.4. The van der Waals surface area contributed by atoms with Gasteiger partial charge in [-0.3, -0.25) is 4.79 Å². The number of carbonyl (C=O) groups excluding carboxylic acids is 1. The minimum Gasteiger partial charge on any atom is -0.484 e. The van der Waals surface area contributed by atoms with E-state index in [-0.39, 0.29) is 12.5 Å². The molecule has 0 saturated carbocycles. The summed E-state index contributed by atoms with van der Waals surface area (Å²) in [5.41, 5.74) is 7.25. The van der Waals surface area contributed by atoms with Crippen molar-refractivity contribution in [3.8, 4) is 5.75 Å². The molecule has 1 amide bonds. The normalized spacial score (nSPS) is 17.4. The van der Waals surface area contributed by atoms with Crippen LogP contribution in [0.4, 0.5) is 0 Å². The second-order valence-electron chi connectivity index (χ2n) is 8.79. The predicted octanol–water partition coefficient (Wildman–Crippen LogP) is 5.44. The molecule has 5 rings (SSSR count). The summed E-state index contributed by atoms with van der Waals surface area (Å²) in [6.07, 6.45) is 5.74. The molecule has 1 fully saturated rings. The van der Waals surface area contributed by atoms with Crippen molar-refractivity contribution in [2.24, 2.45) is 5.10 Å². The summed E-state index contributed by atoms with van der Waals surface area (Å²) in [5.74, 6) is 0.348. The molecule has 0 atom stereocenters. The number of morpholine rings is 1. The first kappa shape index (κ1) is 24.1. The van der Waals surface area contributed by atoms with Gasteiger partial charge in [-0.15, -0.1) is 0 Å². The van der Waals surface area contributed by atoms with E-state index >= 15 is 0 Å². The van der Waals surface area contributed by atoms with Gasteiger partial charge in [-0.1, -0.05) is 54.1 Å². The molecule has 1 aliphatic carbocycles. The number of hydrazone groups is 1. The Kier molecular flexibility index (Phi) is 7.64. The van der Waals surface area contributed by atoms with Crippen LogP contribution in [0.25, 0.3) is 16.8 Å². The Bertz CT molecular complexity index is 1330. The zero-order valence-corrected chi connectivity index (χ0v) is 20.7. The smallest absolute Gasteiger partial charge is 0.277 e. The molecule has 2 aliphatic rings. The molecule has 0 radical (unpaired) electrons. The summed E-state index contributed by atoms with van der Waals surface area (Å²) in [5, 5.41) is 7.17. The number of rotatable bonds is 7. The lowest BCUT2D eigenvalue weighted by molar-refractivity contribution is -0.123. The lowest BCUT2D eigenvalue weighted by Gasteiger charge is -2.31. The molecule has 1 N–H and O–H groups in total. The fraction of sp³-hybridized carbons (Fsp3) is 0.241. The van der Waals surface area contributed by atoms with Gasteiger partial charge in [-0.25, -0.2) is 5.43 Å². The average Bonchev–Trinajstić information content (AvgIpc) is 3.31. The van der Waals surface area contributed by atoms with Crippen LogP contribution in [0.5, 0.6) is 5.75 Å². The fourth-order valence-electron chi connectivity index (χ4n) is 4.55. The Morgan fingerprint density at radius 1 is 1.03 bits per heavy atom. The van der Waals surface area contributed by atoms with Gasteiger partial charge in [-0.2, -0.15) is 5.10 Å². The number of hydrogen-bond acceptors (Lipinski definition) is 5. The van der Waals surface area contributed by atoms with E-state index in [1.54, 1.807) is 6.21 Å². The first-order valence-electron chi connectivity index (χ1n) is 12.1. The minimum absolute atomic E-state index is 0.104. The highest BCUT2D eigenvalue weighted by atomic mass is 35.5. The van der Waals surface area contributed by atoms with Crippen LogP contribution in [0.3, 0.4) is 0 Å². The van der Waals surface area contributed by atoms with Crippen LogP contribution in [0.15, 0.2) is 88.7 Å². The summed E-state index contributed by atoms with van der Waals surface area (Å²) in [4.78, 5) is 14.7. The van der Waals surface area contributed by atoms with Crippen molar-refractivity contribution in [3.05, 3.63) is 94.2 Å². The Hall–Kier alpha value is -3.61. The first-order valence-corrected chi connectivity index (χ1v) is 12.5. The van der Waals surface area contributed by atoms with E-state index in [0.29, 0.717) is 19.0 Å². The topological polar surface area (TPSA) is 63.2 Å². The molecule has 1 saturated heterocycles. The second-order valence-corrected chi connectivity index (χ2v) is 9.22. The van der Waals surface area contributed by atoms with Gasteiger partial charge < -0.3 is 14.4 Å². The number of fused-ring (bicyclic) bond motifs is 1. The van der Waals surface area contributed by atoms with Crippen LogP contribution in [0.2, 0.25) is 5.02 Å². The van der Waals surface area contributed by atoms with Gasteiger partial charge in [0.25, 0.3) is 5.91 Å². The van der Waals surface area contributed by atoms with E-state index < -0.39 is 0 Å². The van der Waals surface area contributed by atoms with Crippen molar-refractivity contribution in [1.29, 1.82) is 0 Å². The molecular formula is C29H28ClN3O3. The molecule has 3 aromatic carbocycles. The number of benzene rings is 3. The summed E-state index contributed by atoms with van der Waals surface area (Å²) < 4.78 is 11.2. The molecule has 0 aromatic heterocycles. The molecule has 0 unspecified atom stereocenters. The van der Waals surface area contributed by atoms with Crippen LogP contribution in [0.1, 0.15) is 18.4 Å². The highest BCUT2D eigenvalue weighted by Gasteiger charge is 2.25. The van der Waals surface area contributed by atoms with E-state index in [4.69, 9.17) is 21.1 Å². The Balaban J connectivity index is 1.25. The average molecular weight is 502 g/mol. The van der Waals surface area contributed by atoms with Gasteiger partial charge >= 0.3 is 0 Å². The van der Waals surface area contributed by atoms with E-state index in [0.717, 1.165) is 52.9 Å². The molecule has 1 heterocycles. The standard InChI is InChI=1S/C29H28ClN3O3/c30-26-10-5-21(6-11-26)17-24-7-8-25(29(24)33-13-15-35-16-14-33)19-31-32-28(34)20-36-27-12-9-22-3-1-2-4-23(22)18-27/h1-6,9-12,17-19H,7-8,13-16,20H2,(H,32,34). The maximum atomic E-state index is 12.4. The summed E-state index contributed by atoms with van der Waals surface area (Å²) in [6.45, 7) is 2.95. The lowest BCUT2D eigenvalue weighted by atomic mass is 10.1. The quantitative estimate of drug-likeness (QED) is 0.346. The largest absolute Gasteiger partial charge is 0.484 e. The maximum Gasteiger partial charge on any atom is 0.277 e. The fourth-order valence-corrected chi connectivity index (χ4v) is 4.68. The third-order valence-electron chi connectivity index (χ3n) is 6.31. The first-order chi connectivity index (χ1) is 17.7. The van der Waals surface area contributed by atoms with Crippen LogP contribution >= 0.6 is 11.6 Å². The third kappa shape index (κ3) is 5.96. The van der Waals surface area contributed by atoms with Crippen LogP contribution in [-0.4, -0.2) is 49.9 Å². The van der Waals surface area contributed by atoms with E-state index in [9.17, 15) is 4.79 Å². The molecule has 36 heavy (non-hydrogen) atoms. The number of carbonyl (C=O) groups is 1. The van der Waals surface area contributed by atoms with Gasteiger partial charge in [-0.05, 0) is 70.7 Å².